The molecule has 5 heteroatoms. The van der Waals surface area contributed by atoms with Crippen molar-refractivity contribution in [2.75, 3.05) is 0 Å². The Kier molecular flexibility index (Phi) is 3.93. The topological polar surface area (TPSA) is 35.5 Å². The molecular formula is C18H20Cl2O3. The van der Waals surface area contributed by atoms with Gasteiger partial charge in [-0.15, -0.1) is 0 Å². The summed E-state index contributed by atoms with van der Waals surface area (Å²) in [5.41, 5.74) is 0.585. The Morgan fingerprint density at radius 1 is 1.30 bits per heavy atom. The summed E-state index contributed by atoms with van der Waals surface area (Å²) in [7, 11) is 0. The Labute approximate surface area is 146 Å². The summed E-state index contributed by atoms with van der Waals surface area (Å²) in [6.07, 6.45) is 2.51. The van der Waals surface area contributed by atoms with E-state index in [1.54, 1.807) is 12.1 Å². The molecule has 23 heavy (non-hydrogen) atoms. The average molecular weight is 355 g/mol. The summed E-state index contributed by atoms with van der Waals surface area (Å²) in [6.45, 7) is 8.05. The average Bonchev–Trinajstić information content (AvgIpc) is 2.77. The predicted octanol–water partition coefficient (Wildman–Crippen LogP) is 4.90. The molecule has 1 heterocycles. The first-order valence-corrected chi connectivity index (χ1v) is 8.43. The largest absolute Gasteiger partial charge is 0.483 e. The highest BCUT2D eigenvalue weighted by molar-refractivity contribution is 6.55. The molecular weight excluding hydrogens is 335 g/mol. The lowest BCUT2D eigenvalue weighted by molar-refractivity contribution is -0.136. The van der Waals surface area contributed by atoms with Crippen LogP contribution < -0.4 is 9.47 Å². The summed E-state index contributed by atoms with van der Waals surface area (Å²) in [6, 6.07) is 5.66. The highest BCUT2D eigenvalue weighted by Crippen LogP contribution is 2.60. The van der Waals surface area contributed by atoms with Crippen LogP contribution in [0.3, 0.4) is 0 Å². The number of para-hydroxylation sites is 1. The highest BCUT2D eigenvalue weighted by Gasteiger charge is 2.61. The minimum Gasteiger partial charge on any atom is -0.483 e. The van der Waals surface area contributed by atoms with Gasteiger partial charge in [-0.25, -0.2) is 0 Å². The van der Waals surface area contributed by atoms with Gasteiger partial charge in [0.05, 0.1) is 5.92 Å². The number of halogens is 2. The second kappa shape index (κ2) is 5.42. The summed E-state index contributed by atoms with van der Waals surface area (Å²) < 4.78 is 11.8. The van der Waals surface area contributed by atoms with Gasteiger partial charge in [-0.1, -0.05) is 49.2 Å². The molecule has 2 unspecified atom stereocenters. The molecule has 0 bridgehead atoms. The molecule has 1 aliphatic carbocycles. The van der Waals surface area contributed by atoms with E-state index in [-0.39, 0.29) is 33.3 Å². The lowest BCUT2D eigenvalue weighted by Gasteiger charge is -2.18. The Hall–Kier alpha value is -1.19. The first-order chi connectivity index (χ1) is 10.6. The Bertz CT molecular complexity index is 688. The quantitative estimate of drug-likeness (QED) is 0.572. The van der Waals surface area contributed by atoms with E-state index >= 15 is 0 Å². The molecule has 1 aromatic carbocycles. The lowest BCUT2D eigenvalue weighted by Crippen LogP contribution is -2.25. The minimum absolute atomic E-state index is 0.00544. The molecule has 1 saturated carbocycles. The lowest BCUT2D eigenvalue weighted by atomic mass is 10.0. The van der Waals surface area contributed by atoms with E-state index in [0.717, 1.165) is 12.0 Å². The fraction of sp³-hybridized carbons (Fsp3) is 0.500. The molecule has 2 atom stereocenters. The zero-order valence-corrected chi connectivity index (χ0v) is 15.2. The van der Waals surface area contributed by atoms with E-state index < -0.39 is 0 Å². The standard InChI is InChI=1S/C18H20Cl2O3/c1-17(2)9-10-6-5-7-12(15(10)23-17)22-16(21)14-11(8-13(19)20)18(14,3)4/h5-8,11,14H,9H2,1-4H3. The van der Waals surface area contributed by atoms with Crippen molar-refractivity contribution < 1.29 is 14.3 Å². The van der Waals surface area contributed by atoms with Crippen LogP contribution in [0.4, 0.5) is 0 Å². The fourth-order valence-electron chi connectivity index (χ4n) is 3.41. The van der Waals surface area contributed by atoms with Crippen LogP contribution in [-0.4, -0.2) is 11.6 Å². The molecule has 3 nitrogen and oxygen atoms in total. The fourth-order valence-corrected chi connectivity index (χ4v) is 3.69. The summed E-state index contributed by atoms with van der Waals surface area (Å²) >= 11 is 11.5. The smallest absolute Gasteiger partial charge is 0.315 e. The first-order valence-electron chi connectivity index (χ1n) is 7.67. The maximum atomic E-state index is 12.6. The molecule has 0 aromatic heterocycles. The van der Waals surface area contributed by atoms with Crippen LogP contribution in [0.25, 0.3) is 0 Å². The van der Waals surface area contributed by atoms with Crippen molar-refractivity contribution in [3.8, 4) is 11.5 Å². The van der Waals surface area contributed by atoms with Crippen LogP contribution in [0.1, 0.15) is 33.3 Å². The van der Waals surface area contributed by atoms with Gasteiger partial charge >= 0.3 is 5.97 Å². The van der Waals surface area contributed by atoms with E-state index in [2.05, 4.69) is 0 Å². The second-order valence-corrected chi connectivity index (χ2v) is 8.49. The van der Waals surface area contributed by atoms with Crippen LogP contribution in [0.2, 0.25) is 0 Å². The van der Waals surface area contributed by atoms with E-state index in [1.165, 1.54) is 0 Å². The van der Waals surface area contributed by atoms with Gasteiger partial charge in [0.15, 0.2) is 11.5 Å². The van der Waals surface area contributed by atoms with Crippen LogP contribution in [-0.2, 0) is 11.2 Å². The van der Waals surface area contributed by atoms with Crippen molar-refractivity contribution in [2.24, 2.45) is 17.3 Å². The number of esters is 1. The van der Waals surface area contributed by atoms with Gasteiger partial charge in [0.1, 0.15) is 10.1 Å². The van der Waals surface area contributed by atoms with Gasteiger partial charge in [0.2, 0.25) is 0 Å². The van der Waals surface area contributed by atoms with Crippen molar-refractivity contribution in [3.05, 3.63) is 34.3 Å². The number of allylic oxidation sites excluding steroid dienone is 1. The van der Waals surface area contributed by atoms with Gasteiger partial charge in [0, 0.05) is 12.0 Å². The molecule has 1 aliphatic heterocycles. The summed E-state index contributed by atoms with van der Waals surface area (Å²) in [5.74, 6) is 0.633. The molecule has 1 fully saturated rings. The third-order valence-corrected chi connectivity index (χ3v) is 4.99. The first kappa shape index (κ1) is 16.7. The predicted molar refractivity (Wildman–Crippen MR) is 91.0 cm³/mol. The number of carbonyl (C=O) groups is 1. The molecule has 0 N–H and O–H groups in total. The Morgan fingerprint density at radius 2 is 2.00 bits per heavy atom. The number of carbonyl (C=O) groups excluding carboxylic acids is 1. The van der Waals surface area contributed by atoms with Crippen LogP contribution in [0.15, 0.2) is 28.8 Å². The van der Waals surface area contributed by atoms with Gasteiger partial charge in [-0.2, -0.15) is 0 Å². The molecule has 3 rings (SSSR count). The molecule has 2 aliphatic rings. The van der Waals surface area contributed by atoms with E-state index in [0.29, 0.717) is 11.5 Å². The summed E-state index contributed by atoms with van der Waals surface area (Å²) in [5, 5.41) is 0. The van der Waals surface area contributed by atoms with E-state index in [9.17, 15) is 4.79 Å². The van der Waals surface area contributed by atoms with Crippen LogP contribution in [0.5, 0.6) is 11.5 Å². The monoisotopic (exact) mass is 354 g/mol. The molecule has 0 amide bonds. The van der Waals surface area contributed by atoms with E-state index in [1.807, 2.05) is 39.8 Å². The highest BCUT2D eigenvalue weighted by atomic mass is 35.5. The third-order valence-electron chi connectivity index (χ3n) is 4.74. The van der Waals surface area contributed by atoms with Crippen LogP contribution in [0, 0.1) is 17.3 Å². The van der Waals surface area contributed by atoms with Gasteiger partial charge in [-0.3, -0.25) is 4.79 Å². The number of benzene rings is 1. The number of fused-ring (bicyclic) bond motifs is 1. The van der Waals surface area contributed by atoms with Gasteiger partial charge in [0.25, 0.3) is 0 Å². The van der Waals surface area contributed by atoms with Gasteiger partial charge < -0.3 is 9.47 Å². The zero-order valence-electron chi connectivity index (χ0n) is 13.7. The molecule has 1 aromatic rings. The molecule has 0 spiro atoms. The normalized spacial score (nSPS) is 26.0. The second-order valence-electron chi connectivity index (χ2n) is 7.49. The van der Waals surface area contributed by atoms with Crippen molar-refractivity contribution in [1.29, 1.82) is 0 Å². The third kappa shape index (κ3) is 3.09. The summed E-state index contributed by atoms with van der Waals surface area (Å²) in [4.78, 5) is 12.6. The number of hydrogen-bond acceptors (Lipinski definition) is 3. The zero-order chi connectivity index (χ0) is 17.0. The molecule has 124 valence electrons. The number of ether oxygens (including phenoxy) is 2. The van der Waals surface area contributed by atoms with Crippen molar-refractivity contribution in [1.82, 2.24) is 0 Å². The maximum absolute atomic E-state index is 12.6. The maximum Gasteiger partial charge on any atom is 0.315 e. The Balaban J connectivity index is 1.79. The minimum atomic E-state index is -0.277. The van der Waals surface area contributed by atoms with Crippen molar-refractivity contribution in [2.45, 2.75) is 39.7 Å². The SMILES string of the molecule is CC1(C)Cc2cccc(OC(=O)C3C(C=C(Cl)Cl)C3(C)C)c2O1. The van der Waals surface area contributed by atoms with Crippen molar-refractivity contribution in [3.63, 3.8) is 0 Å². The van der Waals surface area contributed by atoms with Gasteiger partial charge in [-0.05, 0) is 37.3 Å². The number of hydrogen-bond donors (Lipinski definition) is 0. The van der Waals surface area contributed by atoms with E-state index in [4.69, 9.17) is 32.7 Å². The van der Waals surface area contributed by atoms with Crippen LogP contribution >= 0.6 is 23.2 Å². The number of rotatable bonds is 3. The molecule has 0 saturated heterocycles. The Morgan fingerprint density at radius 3 is 2.65 bits per heavy atom. The van der Waals surface area contributed by atoms with Crippen molar-refractivity contribution >= 4 is 29.2 Å². The molecule has 0 radical (unpaired) electrons.